The molecule has 0 spiro atoms. The summed E-state index contributed by atoms with van der Waals surface area (Å²) in [6.45, 7) is 8.95. The quantitative estimate of drug-likeness (QED) is 0.145. The van der Waals surface area contributed by atoms with Crippen molar-refractivity contribution in [3.63, 3.8) is 0 Å². The Bertz CT molecular complexity index is 2240. The SMILES string of the molecule is C1CNCCN1.CN(C)c1ccc([C@H]2C[C@@]3(C)[C@@H](CC[C@@]3(O)/C=C\CO)[C@@H]3CCC4=CC(=O)CCC4=C32)cc1.C[C@]12CC[C@@H]3c4ccc(OS(=O)(=O)O)cc4CC[C@H]3[C@@H]1CCC2=O. The number of hydrogen-bond donors (Lipinski definition) is 5. The molecule has 342 valence electrons. The van der Waals surface area contributed by atoms with E-state index in [-0.39, 0.29) is 34.9 Å². The van der Waals surface area contributed by atoms with Crippen LogP contribution in [-0.2, 0) is 26.4 Å². The van der Waals surface area contributed by atoms with Gasteiger partial charge in [0.05, 0.1) is 12.2 Å². The Labute approximate surface area is 374 Å². The molecule has 11 nitrogen and oxygen atoms in total. The predicted molar refractivity (Wildman–Crippen MR) is 246 cm³/mol. The number of aliphatic hydroxyl groups excluding tert-OH is 1. The third-order valence-corrected chi connectivity index (χ3v) is 17.2. The van der Waals surface area contributed by atoms with E-state index in [4.69, 9.17) is 4.55 Å². The van der Waals surface area contributed by atoms with E-state index >= 15 is 0 Å². The average Bonchev–Trinajstić information content (AvgIpc) is 3.73. The number of nitrogens with one attached hydrogen (secondary N) is 2. The molecule has 5 fully saturated rings. The van der Waals surface area contributed by atoms with Gasteiger partial charge in [-0.15, -0.1) is 0 Å². The highest BCUT2D eigenvalue weighted by atomic mass is 32.3. The van der Waals surface area contributed by atoms with Crippen LogP contribution in [0.1, 0.15) is 119 Å². The summed E-state index contributed by atoms with van der Waals surface area (Å²) in [7, 11) is -0.369. The van der Waals surface area contributed by atoms with Gasteiger partial charge in [-0.3, -0.25) is 14.1 Å². The van der Waals surface area contributed by atoms with Crippen molar-refractivity contribution in [3.8, 4) is 5.75 Å². The van der Waals surface area contributed by atoms with Crippen molar-refractivity contribution in [2.75, 3.05) is 51.8 Å². The second-order valence-electron chi connectivity index (χ2n) is 20.2. The van der Waals surface area contributed by atoms with Gasteiger partial charge in [0.15, 0.2) is 5.78 Å². The van der Waals surface area contributed by atoms with Gasteiger partial charge in [-0.25, -0.2) is 0 Å². The van der Waals surface area contributed by atoms with Crippen molar-refractivity contribution in [1.29, 1.82) is 0 Å². The molecule has 10 rings (SSSR count). The Hall–Kier alpha value is -3.65. The first kappa shape index (κ1) is 45.9. The maximum atomic E-state index is 12.3. The number of carbonyl (C=O) groups excluding carboxylic acids is 2. The van der Waals surface area contributed by atoms with E-state index in [2.05, 4.69) is 71.9 Å². The second-order valence-corrected chi connectivity index (χ2v) is 21.3. The van der Waals surface area contributed by atoms with Gasteiger partial charge in [0, 0.05) is 75.6 Å². The van der Waals surface area contributed by atoms with Crippen molar-refractivity contribution in [3.05, 3.63) is 94.1 Å². The topological polar surface area (TPSA) is 166 Å². The van der Waals surface area contributed by atoms with Crippen LogP contribution in [0.3, 0.4) is 0 Å². The molecule has 0 radical (unpaired) electrons. The molecule has 4 saturated carbocycles. The van der Waals surface area contributed by atoms with Crippen LogP contribution >= 0.6 is 0 Å². The molecule has 8 aliphatic rings. The predicted octanol–water partition coefficient (Wildman–Crippen LogP) is 7.40. The number of benzene rings is 2. The van der Waals surface area contributed by atoms with Gasteiger partial charge >= 0.3 is 10.4 Å². The molecule has 1 aliphatic heterocycles. The average molecular weight is 884 g/mol. The third kappa shape index (κ3) is 9.02. The molecule has 0 bridgehead atoms. The molecular formula is C51H69N3O8S. The number of ketones is 2. The lowest BCUT2D eigenvalue weighted by molar-refractivity contribution is -0.129. The summed E-state index contributed by atoms with van der Waals surface area (Å²) >= 11 is 0. The summed E-state index contributed by atoms with van der Waals surface area (Å²) in [5.74, 6) is 3.43. The molecule has 2 aromatic carbocycles. The van der Waals surface area contributed by atoms with Crippen LogP contribution < -0.4 is 19.7 Å². The van der Waals surface area contributed by atoms with Crippen molar-refractivity contribution in [1.82, 2.24) is 10.6 Å². The molecule has 5 N–H and O–H groups in total. The fourth-order valence-electron chi connectivity index (χ4n) is 13.6. The summed E-state index contributed by atoms with van der Waals surface area (Å²) in [4.78, 5) is 26.6. The third-order valence-electron chi connectivity index (χ3n) is 16.8. The lowest BCUT2D eigenvalue weighted by atomic mass is 9.51. The normalized spacial score (nSPS) is 34.4. The monoisotopic (exact) mass is 883 g/mol. The van der Waals surface area contributed by atoms with Crippen LogP contribution in [0.15, 0.2) is 77.4 Å². The zero-order valence-corrected chi connectivity index (χ0v) is 38.5. The summed E-state index contributed by atoms with van der Waals surface area (Å²) in [6.07, 6.45) is 17.2. The largest absolute Gasteiger partial charge is 0.446 e. The standard InChI is InChI=1S/C29H37NO3.C18H22O5S.C4H10N2/c1-28-18-25(19-5-8-21(9-6-19)30(2)3)27-23-12-10-22(32)17-20(23)7-11-24(27)26(28)13-15-29(28,33)14-4-16-31;1-18-9-8-14-13-5-3-12(23-24(20,21)22)10-11(13)2-4-15(14)16(18)6-7-17(18)19;1-2-6-4-3-5-1/h4-6,8-9,14,17,24-26,31,33H,7,10-13,15-16,18H2,1-3H3;3,5,10,14-16H,2,4,6-9H2,1H3,(H,20,21,22);5-6H,1-4H2/b14-4-;;/t24-,25+,26-,28-,29-;14-,15-,16+,18+;/m01./s1. The molecule has 2 aromatic rings. The lowest BCUT2D eigenvalue weighted by Crippen LogP contribution is -2.50. The van der Waals surface area contributed by atoms with Gasteiger partial charge in [-0.1, -0.05) is 49.8 Å². The summed E-state index contributed by atoms with van der Waals surface area (Å²) in [5.41, 5.74) is 7.85. The van der Waals surface area contributed by atoms with Crippen LogP contribution in [-0.4, -0.2) is 87.2 Å². The zero-order valence-electron chi connectivity index (χ0n) is 37.7. The van der Waals surface area contributed by atoms with Crippen LogP contribution in [0.25, 0.3) is 0 Å². The summed E-state index contributed by atoms with van der Waals surface area (Å²) < 4.78 is 35.2. The van der Waals surface area contributed by atoms with Gasteiger partial charge in [0.25, 0.3) is 0 Å². The van der Waals surface area contributed by atoms with Crippen molar-refractivity contribution in [2.45, 2.75) is 115 Å². The maximum Gasteiger partial charge on any atom is 0.446 e. The summed E-state index contributed by atoms with van der Waals surface area (Å²) in [6, 6.07) is 14.2. The van der Waals surface area contributed by atoms with Crippen molar-refractivity contribution >= 4 is 27.7 Å². The fourth-order valence-corrected chi connectivity index (χ4v) is 14.0. The van der Waals surface area contributed by atoms with E-state index in [9.17, 15) is 28.2 Å². The smallest absolute Gasteiger partial charge is 0.392 e. The molecular weight excluding hydrogens is 815 g/mol. The highest BCUT2D eigenvalue weighted by Crippen LogP contribution is 2.67. The number of rotatable bonds is 6. The number of allylic oxidation sites excluding steroid dienone is 4. The summed E-state index contributed by atoms with van der Waals surface area (Å²) in [5, 5.41) is 27.7. The number of aliphatic hydroxyl groups is 2. The molecule has 63 heavy (non-hydrogen) atoms. The van der Waals surface area contributed by atoms with E-state index in [1.807, 2.05) is 18.2 Å². The Kier molecular flexibility index (Phi) is 13.3. The molecule has 0 aromatic heterocycles. The molecule has 0 amide bonds. The fraction of sp³-hybridized carbons (Fsp3) is 0.608. The first-order valence-electron chi connectivity index (χ1n) is 23.5. The highest BCUT2D eigenvalue weighted by Gasteiger charge is 2.62. The number of anilines is 1. The second kappa shape index (κ2) is 18.3. The van der Waals surface area contributed by atoms with Crippen LogP contribution in [0.2, 0.25) is 0 Å². The van der Waals surface area contributed by atoms with Gasteiger partial charge < -0.3 is 29.9 Å². The van der Waals surface area contributed by atoms with Crippen LogP contribution in [0.4, 0.5) is 5.69 Å². The van der Waals surface area contributed by atoms with E-state index < -0.39 is 16.0 Å². The Balaban J connectivity index is 0.000000158. The molecule has 9 atom stereocenters. The minimum Gasteiger partial charge on any atom is -0.392 e. The molecule has 1 heterocycles. The minimum absolute atomic E-state index is 0.0423. The van der Waals surface area contributed by atoms with Crippen molar-refractivity contribution in [2.24, 2.45) is 34.5 Å². The number of hydrogen-bond acceptors (Lipinski definition) is 10. The number of Topliss-reactive ketones (excluding diaryl/α,β-unsaturated/α-hetero) is 1. The molecule has 1 saturated heterocycles. The Morgan fingerprint density at radius 1 is 0.841 bits per heavy atom. The zero-order chi connectivity index (χ0) is 44.7. The maximum absolute atomic E-state index is 12.3. The Morgan fingerprint density at radius 2 is 1.57 bits per heavy atom. The lowest BCUT2D eigenvalue weighted by Gasteiger charge is -2.54. The minimum atomic E-state index is -4.49. The number of fused-ring (bicyclic) bond motifs is 9. The highest BCUT2D eigenvalue weighted by molar-refractivity contribution is 7.81. The molecule has 12 heteroatoms. The first-order chi connectivity index (χ1) is 30.0. The van der Waals surface area contributed by atoms with Crippen molar-refractivity contribution < 1.29 is 37.0 Å². The van der Waals surface area contributed by atoms with E-state index in [1.54, 1.807) is 23.8 Å². The van der Waals surface area contributed by atoms with Crippen LogP contribution in [0, 0.1) is 34.5 Å². The molecule has 0 unspecified atom stereocenters. The van der Waals surface area contributed by atoms with E-state index in [1.165, 1.54) is 28.0 Å². The first-order valence-corrected chi connectivity index (χ1v) is 24.9. The number of nitrogens with zero attached hydrogens (tertiary/aromatic N) is 1. The van der Waals surface area contributed by atoms with Gasteiger partial charge in [-0.05, 0) is 158 Å². The van der Waals surface area contributed by atoms with E-state index in [0.29, 0.717) is 41.8 Å². The number of piperazine rings is 1. The van der Waals surface area contributed by atoms with E-state index in [0.717, 1.165) is 109 Å². The van der Waals surface area contributed by atoms with Crippen LogP contribution in [0.5, 0.6) is 5.75 Å². The Morgan fingerprint density at radius 3 is 2.24 bits per heavy atom. The van der Waals surface area contributed by atoms with Gasteiger partial charge in [0.1, 0.15) is 11.5 Å². The number of aryl methyl sites for hydroxylation is 1. The van der Waals surface area contributed by atoms with Gasteiger partial charge in [-0.2, -0.15) is 8.42 Å². The number of carbonyl (C=O) groups is 2. The van der Waals surface area contributed by atoms with Gasteiger partial charge in [0.2, 0.25) is 0 Å². The molecule has 7 aliphatic carbocycles.